The maximum Gasteiger partial charge on any atom is 0.324 e. The standard InChI is InChI=1S/C32H38N6O4S/c1-32(2,3)29-22-30(38(36-29)27-8-4-25(5-9-27)23-37-17-20-43(40,41)21-18-37)35-31(39)34-26-6-10-28(11-7-26)42-19-14-24-12-15-33-16-13-24/h4-13,15-16,22H,14,17-21,23H2,1-3H3,(H2,34,35,39). The van der Waals surface area contributed by atoms with E-state index < -0.39 is 9.84 Å². The van der Waals surface area contributed by atoms with Gasteiger partial charge in [0.25, 0.3) is 0 Å². The van der Waals surface area contributed by atoms with Crippen molar-refractivity contribution in [2.24, 2.45) is 0 Å². The zero-order valence-electron chi connectivity index (χ0n) is 24.8. The van der Waals surface area contributed by atoms with Crippen molar-refractivity contribution < 1.29 is 17.9 Å². The number of hydrogen-bond donors (Lipinski definition) is 2. The second-order valence-corrected chi connectivity index (χ2v) is 14.0. The summed E-state index contributed by atoms with van der Waals surface area (Å²) in [4.78, 5) is 19.2. The average molecular weight is 603 g/mol. The minimum atomic E-state index is -2.91. The maximum absolute atomic E-state index is 13.0. The van der Waals surface area contributed by atoms with Crippen LogP contribution in [0.15, 0.2) is 79.1 Å². The molecule has 1 aliphatic heterocycles. The first kappa shape index (κ1) is 30.2. The number of ether oxygens (including phenoxy) is 1. The third-order valence-corrected chi connectivity index (χ3v) is 8.87. The number of pyridine rings is 1. The fourth-order valence-electron chi connectivity index (χ4n) is 4.69. The zero-order valence-corrected chi connectivity index (χ0v) is 25.6. The molecule has 226 valence electrons. The molecule has 0 aliphatic carbocycles. The van der Waals surface area contributed by atoms with Crippen molar-refractivity contribution in [2.45, 2.75) is 39.2 Å². The summed E-state index contributed by atoms with van der Waals surface area (Å²) >= 11 is 0. The minimum absolute atomic E-state index is 0.204. The van der Waals surface area contributed by atoms with Gasteiger partial charge in [-0.05, 0) is 59.7 Å². The third-order valence-electron chi connectivity index (χ3n) is 7.26. The van der Waals surface area contributed by atoms with Gasteiger partial charge in [-0.1, -0.05) is 32.9 Å². The van der Waals surface area contributed by atoms with Crippen LogP contribution in [0, 0.1) is 0 Å². The first-order valence-electron chi connectivity index (χ1n) is 14.4. The van der Waals surface area contributed by atoms with E-state index in [0.717, 1.165) is 34.7 Å². The van der Waals surface area contributed by atoms with Crippen molar-refractivity contribution in [3.63, 3.8) is 0 Å². The van der Waals surface area contributed by atoms with Crippen LogP contribution in [0.2, 0.25) is 0 Å². The van der Waals surface area contributed by atoms with Gasteiger partial charge in [0.05, 0.1) is 29.5 Å². The molecule has 0 atom stereocenters. The number of anilines is 2. The largest absolute Gasteiger partial charge is 0.493 e. The van der Waals surface area contributed by atoms with E-state index in [1.54, 1.807) is 29.2 Å². The summed E-state index contributed by atoms with van der Waals surface area (Å²) in [6, 6.07) is 20.7. The van der Waals surface area contributed by atoms with Gasteiger partial charge in [0.2, 0.25) is 0 Å². The summed E-state index contributed by atoms with van der Waals surface area (Å²) < 4.78 is 31.1. The van der Waals surface area contributed by atoms with Crippen molar-refractivity contribution in [3.8, 4) is 11.4 Å². The van der Waals surface area contributed by atoms with Crippen LogP contribution in [-0.2, 0) is 28.2 Å². The smallest absolute Gasteiger partial charge is 0.324 e. The molecule has 2 N–H and O–H groups in total. The van der Waals surface area contributed by atoms with Gasteiger partial charge < -0.3 is 10.1 Å². The lowest BCUT2D eigenvalue weighted by atomic mass is 9.92. The van der Waals surface area contributed by atoms with Crippen LogP contribution in [0.3, 0.4) is 0 Å². The third kappa shape index (κ3) is 8.42. The summed E-state index contributed by atoms with van der Waals surface area (Å²) in [6.07, 6.45) is 4.32. The highest BCUT2D eigenvalue weighted by Crippen LogP contribution is 2.27. The van der Waals surface area contributed by atoms with Crippen LogP contribution in [0.5, 0.6) is 5.75 Å². The second kappa shape index (κ2) is 13.0. The molecule has 0 radical (unpaired) electrons. The highest BCUT2D eigenvalue weighted by atomic mass is 32.2. The first-order valence-corrected chi connectivity index (χ1v) is 16.2. The number of aromatic nitrogens is 3. The number of hydrogen-bond acceptors (Lipinski definition) is 7. The summed E-state index contributed by atoms with van der Waals surface area (Å²) in [5.41, 5.74) is 4.31. The normalized spacial score (nSPS) is 15.1. The highest BCUT2D eigenvalue weighted by molar-refractivity contribution is 7.91. The molecule has 5 rings (SSSR count). The number of rotatable bonds is 9. The van der Waals surface area contributed by atoms with E-state index in [0.29, 0.717) is 37.7 Å². The van der Waals surface area contributed by atoms with E-state index in [-0.39, 0.29) is 23.0 Å². The fourth-order valence-corrected chi connectivity index (χ4v) is 5.97. The van der Waals surface area contributed by atoms with Crippen LogP contribution in [0.25, 0.3) is 5.69 Å². The molecule has 0 saturated carbocycles. The molecule has 2 aromatic carbocycles. The molecule has 1 fully saturated rings. The maximum atomic E-state index is 13.0. The Morgan fingerprint density at radius 2 is 1.58 bits per heavy atom. The molecule has 10 nitrogen and oxygen atoms in total. The average Bonchev–Trinajstić information content (AvgIpc) is 3.40. The van der Waals surface area contributed by atoms with Gasteiger partial charge in [-0.2, -0.15) is 5.10 Å². The molecule has 4 aromatic rings. The van der Waals surface area contributed by atoms with E-state index in [1.807, 2.05) is 54.6 Å². The van der Waals surface area contributed by atoms with E-state index in [2.05, 4.69) is 41.3 Å². The Morgan fingerprint density at radius 1 is 0.907 bits per heavy atom. The van der Waals surface area contributed by atoms with E-state index in [9.17, 15) is 13.2 Å². The van der Waals surface area contributed by atoms with Crippen LogP contribution < -0.4 is 15.4 Å². The molecular formula is C32H38N6O4S. The molecule has 2 amide bonds. The molecule has 11 heteroatoms. The monoisotopic (exact) mass is 602 g/mol. The summed E-state index contributed by atoms with van der Waals surface area (Å²) in [5, 5.41) is 10.7. The number of amides is 2. The number of carbonyl (C=O) groups is 1. The Labute approximate surface area is 253 Å². The van der Waals surface area contributed by atoms with Crippen LogP contribution >= 0.6 is 0 Å². The molecule has 0 unspecified atom stereocenters. The topological polar surface area (TPSA) is 118 Å². The SMILES string of the molecule is CC(C)(C)c1cc(NC(=O)Nc2ccc(OCCc3ccncc3)cc2)n(-c2ccc(CN3CCS(=O)(=O)CC3)cc2)n1. The van der Waals surface area contributed by atoms with Gasteiger partial charge in [-0.3, -0.25) is 15.2 Å². The number of sulfone groups is 1. The molecule has 1 aliphatic rings. The van der Waals surface area contributed by atoms with Gasteiger partial charge in [0.15, 0.2) is 9.84 Å². The quantitative estimate of drug-likeness (QED) is 0.275. The van der Waals surface area contributed by atoms with Crippen molar-refractivity contribution in [3.05, 3.63) is 95.9 Å². The molecule has 1 saturated heterocycles. The van der Waals surface area contributed by atoms with E-state index >= 15 is 0 Å². The van der Waals surface area contributed by atoms with E-state index in [1.165, 1.54) is 0 Å². The van der Waals surface area contributed by atoms with E-state index in [4.69, 9.17) is 9.84 Å². The Bertz CT molecular complexity index is 1620. The van der Waals surface area contributed by atoms with Gasteiger partial charge in [-0.25, -0.2) is 17.9 Å². The Morgan fingerprint density at radius 3 is 2.23 bits per heavy atom. The van der Waals surface area contributed by atoms with Gasteiger partial charge >= 0.3 is 6.03 Å². The van der Waals surface area contributed by atoms with Crippen molar-refractivity contribution in [1.82, 2.24) is 19.7 Å². The Hall–Kier alpha value is -4.22. The molecule has 2 aromatic heterocycles. The fraction of sp³-hybridized carbons (Fsp3) is 0.344. The highest BCUT2D eigenvalue weighted by Gasteiger charge is 2.23. The number of nitrogens with zero attached hydrogens (tertiary/aromatic N) is 4. The molecule has 0 spiro atoms. The van der Waals surface area contributed by atoms with Crippen LogP contribution in [0.1, 0.15) is 37.6 Å². The lowest BCUT2D eigenvalue weighted by Gasteiger charge is -2.26. The lowest BCUT2D eigenvalue weighted by molar-refractivity contribution is 0.262. The van der Waals surface area contributed by atoms with Gasteiger partial charge in [-0.15, -0.1) is 0 Å². The lowest BCUT2D eigenvalue weighted by Crippen LogP contribution is -2.39. The predicted octanol–water partition coefficient (Wildman–Crippen LogP) is 5.06. The van der Waals surface area contributed by atoms with Crippen molar-refractivity contribution in [1.29, 1.82) is 0 Å². The summed E-state index contributed by atoms with van der Waals surface area (Å²) in [5.74, 6) is 1.68. The number of carbonyl (C=O) groups excluding carboxylic acids is 1. The molecule has 0 bridgehead atoms. The molecule has 43 heavy (non-hydrogen) atoms. The van der Waals surface area contributed by atoms with Crippen molar-refractivity contribution >= 4 is 27.4 Å². The Balaban J connectivity index is 1.21. The number of benzene rings is 2. The first-order chi connectivity index (χ1) is 20.5. The summed E-state index contributed by atoms with van der Waals surface area (Å²) in [6.45, 7) is 8.54. The van der Waals surface area contributed by atoms with Gasteiger partial charge in [0.1, 0.15) is 11.6 Å². The molecular weight excluding hydrogens is 564 g/mol. The molecule has 3 heterocycles. The minimum Gasteiger partial charge on any atom is -0.493 e. The number of urea groups is 1. The summed E-state index contributed by atoms with van der Waals surface area (Å²) in [7, 11) is -2.91. The predicted molar refractivity (Wildman–Crippen MR) is 169 cm³/mol. The number of nitrogens with one attached hydrogen (secondary N) is 2. The van der Waals surface area contributed by atoms with Crippen molar-refractivity contribution in [2.75, 3.05) is 41.8 Å². The van der Waals surface area contributed by atoms with Gasteiger partial charge in [0, 0.05) is 55.6 Å². The van der Waals surface area contributed by atoms with Crippen LogP contribution in [-0.4, -0.2) is 65.3 Å². The Kier molecular flexibility index (Phi) is 9.12. The van der Waals surface area contributed by atoms with Crippen LogP contribution in [0.4, 0.5) is 16.3 Å². The zero-order chi connectivity index (χ0) is 30.5. The second-order valence-electron chi connectivity index (χ2n) is 11.7.